The van der Waals surface area contributed by atoms with Crippen molar-refractivity contribution < 1.29 is 4.79 Å². The van der Waals surface area contributed by atoms with Crippen molar-refractivity contribution in [1.29, 1.82) is 0 Å². The van der Waals surface area contributed by atoms with Gasteiger partial charge in [-0.1, -0.05) is 11.6 Å². The molecule has 3 N–H and O–H groups in total. The highest BCUT2D eigenvalue weighted by Crippen LogP contribution is 2.19. The Hall–Kier alpha value is -1.59. The number of pyridine rings is 1. The summed E-state index contributed by atoms with van der Waals surface area (Å²) >= 11 is 5.83. The third-order valence-electron chi connectivity index (χ3n) is 3.20. The number of aromatic amines is 1. The number of fused-ring (bicyclic) bond motifs is 1. The van der Waals surface area contributed by atoms with Crippen molar-refractivity contribution in [3.63, 3.8) is 0 Å². The number of H-pyrrole nitrogens is 1. The first-order valence-electron chi connectivity index (χ1n) is 5.82. The van der Waals surface area contributed by atoms with Gasteiger partial charge in [0, 0.05) is 12.2 Å². The molecule has 1 aliphatic rings. The average molecular weight is 265 g/mol. The van der Waals surface area contributed by atoms with Gasteiger partial charge in [0.2, 0.25) is 5.91 Å². The highest BCUT2D eigenvalue weighted by molar-refractivity contribution is 6.29. The Morgan fingerprint density at radius 2 is 2.39 bits per heavy atom. The van der Waals surface area contributed by atoms with E-state index in [2.05, 4.69) is 9.97 Å². The molecule has 1 fully saturated rings. The third-order valence-corrected chi connectivity index (χ3v) is 3.41. The summed E-state index contributed by atoms with van der Waals surface area (Å²) in [6.45, 7) is 1.25. The number of nitrogens with two attached hydrogens (primary N) is 1. The van der Waals surface area contributed by atoms with E-state index in [4.69, 9.17) is 17.3 Å². The fourth-order valence-corrected chi connectivity index (χ4v) is 2.40. The smallest absolute Gasteiger partial charge is 0.239 e. The van der Waals surface area contributed by atoms with Gasteiger partial charge in [-0.3, -0.25) is 4.79 Å². The van der Waals surface area contributed by atoms with E-state index in [1.165, 1.54) is 0 Å². The molecule has 6 heteroatoms. The van der Waals surface area contributed by atoms with Crippen LogP contribution < -0.4 is 5.73 Å². The second-order valence-corrected chi connectivity index (χ2v) is 4.90. The zero-order valence-electron chi connectivity index (χ0n) is 9.69. The van der Waals surface area contributed by atoms with Crippen LogP contribution >= 0.6 is 11.6 Å². The maximum atomic E-state index is 11.7. The number of hydrogen-bond donors (Lipinski definition) is 2. The Balaban J connectivity index is 1.85. The second kappa shape index (κ2) is 4.26. The molecule has 5 nitrogen and oxygen atoms in total. The van der Waals surface area contributed by atoms with Crippen LogP contribution in [0, 0.1) is 0 Å². The molecule has 2 aromatic rings. The molecule has 0 bridgehead atoms. The Morgan fingerprint density at radius 1 is 1.56 bits per heavy atom. The molecule has 1 atom stereocenters. The van der Waals surface area contributed by atoms with Crippen LogP contribution in [-0.4, -0.2) is 33.4 Å². The van der Waals surface area contributed by atoms with E-state index in [1.54, 1.807) is 11.0 Å². The first-order valence-corrected chi connectivity index (χ1v) is 6.20. The largest absolute Gasteiger partial charge is 0.356 e. The summed E-state index contributed by atoms with van der Waals surface area (Å²) in [7, 11) is 0. The van der Waals surface area contributed by atoms with Crippen molar-refractivity contribution in [2.24, 2.45) is 5.73 Å². The summed E-state index contributed by atoms with van der Waals surface area (Å²) in [6, 6.07) is 5.19. The van der Waals surface area contributed by atoms with Crippen LogP contribution in [0.25, 0.3) is 11.0 Å². The monoisotopic (exact) mass is 264 g/mol. The molecule has 1 amide bonds. The summed E-state index contributed by atoms with van der Waals surface area (Å²) in [6.07, 6.45) is 0.725. The van der Waals surface area contributed by atoms with Gasteiger partial charge in [-0.15, -0.1) is 0 Å². The fraction of sp³-hybridized carbons (Fsp3) is 0.333. The van der Waals surface area contributed by atoms with Crippen molar-refractivity contribution in [2.75, 3.05) is 6.54 Å². The molecule has 1 saturated heterocycles. The first kappa shape index (κ1) is 11.5. The minimum Gasteiger partial charge on any atom is -0.356 e. The van der Waals surface area contributed by atoms with Crippen LogP contribution in [0.2, 0.25) is 5.15 Å². The number of likely N-dealkylation sites (tertiary alicyclic amines) is 1. The number of hydrogen-bond acceptors (Lipinski definition) is 3. The maximum Gasteiger partial charge on any atom is 0.239 e. The molecule has 0 radical (unpaired) electrons. The van der Waals surface area contributed by atoms with E-state index in [0.29, 0.717) is 18.2 Å². The molecule has 0 aliphatic carbocycles. The van der Waals surface area contributed by atoms with Crippen LogP contribution in [0.3, 0.4) is 0 Å². The molecule has 3 heterocycles. The fourth-order valence-electron chi connectivity index (χ4n) is 2.25. The van der Waals surface area contributed by atoms with E-state index in [9.17, 15) is 4.79 Å². The van der Waals surface area contributed by atoms with E-state index >= 15 is 0 Å². The zero-order valence-corrected chi connectivity index (χ0v) is 10.4. The number of halogens is 1. The van der Waals surface area contributed by atoms with Crippen LogP contribution in [0.1, 0.15) is 12.1 Å². The molecule has 0 spiro atoms. The molecule has 0 unspecified atom stereocenters. The van der Waals surface area contributed by atoms with Gasteiger partial charge >= 0.3 is 0 Å². The van der Waals surface area contributed by atoms with Crippen molar-refractivity contribution in [1.82, 2.24) is 14.9 Å². The third kappa shape index (κ3) is 1.95. The van der Waals surface area contributed by atoms with Gasteiger partial charge in [-0.2, -0.15) is 0 Å². The Bertz CT molecular complexity index is 609. The molecule has 2 aromatic heterocycles. The number of nitrogens with zero attached hydrogens (tertiary/aromatic N) is 2. The standard InChI is InChI=1S/C12H13ClN4O/c13-11-2-1-9-10(16-11)5-7(15-9)6-17-4-3-8(14)12(17)18/h1-2,5,8,15H,3-4,6,14H2/t8-/m0/s1. The van der Waals surface area contributed by atoms with Gasteiger partial charge in [-0.05, 0) is 24.6 Å². The first-order chi connectivity index (χ1) is 8.63. The lowest BCUT2D eigenvalue weighted by Crippen LogP contribution is -2.33. The van der Waals surface area contributed by atoms with Crippen LogP contribution in [-0.2, 0) is 11.3 Å². The SMILES string of the molecule is N[C@H]1CCN(Cc2cc3nc(Cl)ccc3[nH]2)C1=O. The second-order valence-electron chi connectivity index (χ2n) is 4.52. The number of carbonyl (C=O) groups excluding carboxylic acids is 1. The highest BCUT2D eigenvalue weighted by atomic mass is 35.5. The molecule has 18 heavy (non-hydrogen) atoms. The number of rotatable bonds is 2. The summed E-state index contributed by atoms with van der Waals surface area (Å²) in [5.41, 5.74) is 8.37. The average Bonchev–Trinajstić information content (AvgIpc) is 2.86. The van der Waals surface area contributed by atoms with Gasteiger partial charge in [0.15, 0.2) is 0 Å². The van der Waals surface area contributed by atoms with E-state index in [0.717, 1.165) is 23.1 Å². The normalized spacial score (nSPS) is 20.0. The molecule has 94 valence electrons. The van der Waals surface area contributed by atoms with Gasteiger partial charge in [0.25, 0.3) is 0 Å². The van der Waals surface area contributed by atoms with Crippen molar-refractivity contribution >= 4 is 28.5 Å². The number of nitrogens with one attached hydrogen (secondary N) is 1. The van der Waals surface area contributed by atoms with Gasteiger partial charge < -0.3 is 15.6 Å². The number of aromatic nitrogens is 2. The van der Waals surface area contributed by atoms with Crippen molar-refractivity contribution in [3.8, 4) is 0 Å². The maximum absolute atomic E-state index is 11.7. The minimum atomic E-state index is -0.345. The lowest BCUT2D eigenvalue weighted by molar-refractivity contribution is -0.129. The summed E-state index contributed by atoms with van der Waals surface area (Å²) in [5.74, 6) is 0.0136. The van der Waals surface area contributed by atoms with Gasteiger partial charge in [0.05, 0.1) is 23.6 Å². The molecule has 3 rings (SSSR count). The molecular formula is C12H13ClN4O. The van der Waals surface area contributed by atoms with E-state index < -0.39 is 0 Å². The Kier molecular flexibility index (Phi) is 2.72. The van der Waals surface area contributed by atoms with Crippen LogP contribution in [0.5, 0.6) is 0 Å². The van der Waals surface area contributed by atoms with E-state index in [-0.39, 0.29) is 11.9 Å². The van der Waals surface area contributed by atoms with E-state index in [1.807, 2.05) is 12.1 Å². The zero-order chi connectivity index (χ0) is 12.7. The summed E-state index contributed by atoms with van der Waals surface area (Å²) in [4.78, 5) is 20.9. The topological polar surface area (TPSA) is 75.0 Å². The molecular weight excluding hydrogens is 252 g/mol. The Morgan fingerprint density at radius 3 is 3.11 bits per heavy atom. The van der Waals surface area contributed by atoms with Crippen LogP contribution in [0.15, 0.2) is 18.2 Å². The predicted octanol–water partition coefficient (Wildman–Crippen LogP) is 1.28. The van der Waals surface area contributed by atoms with Gasteiger partial charge in [0.1, 0.15) is 5.15 Å². The lowest BCUT2D eigenvalue weighted by Gasteiger charge is -2.14. The van der Waals surface area contributed by atoms with Crippen LogP contribution in [0.4, 0.5) is 0 Å². The predicted molar refractivity (Wildman–Crippen MR) is 69.1 cm³/mol. The van der Waals surface area contributed by atoms with Gasteiger partial charge in [-0.25, -0.2) is 4.98 Å². The molecule has 0 saturated carbocycles. The van der Waals surface area contributed by atoms with Crippen molar-refractivity contribution in [2.45, 2.75) is 19.0 Å². The molecule has 0 aromatic carbocycles. The lowest BCUT2D eigenvalue weighted by atomic mass is 10.3. The van der Waals surface area contributed by atoms with Crippen molar-refractivity contribution in [3.05, 3.63) is 29.0 Å². The summed E-state index contributed by atoms with van der Waals surface area (Å²) < 4.78 is 0. The number of amides is 1. The molecule has 1 aliphatic heterocycles. The summed E-state index contributed by atoms with van der Waals surface area (Å²) in [5, 5.41) is 0.465. The Labute approximate surface area is 109 Å². The minimum absolute atomic E-state index is 0.0136. The quantitative estimate of drug-likeness (QED) is 0.803. The highest BCUT2D eigenvalue weighted by Gasteiger charge is 2.28. The number of carbonyl (C=O) groups is 1.